The summed E-state index contributed by atoms with van der Waals surface area (Å²) in [7, 11) is 1.75. The molecule has 2 rings (SSSR count). The average Bonchev–Trinajstić information content (AvgIpc) is 2.52. The summed E-state index contributed by atoms with van der Waals surface area (Å²) >= 11 is 0. The van der Waals surface area contributed by atoms with Crippen molar-refractivity contribution in [3.05, 3.63) is 47.7 Å². The molecule has 0 aliphatic heterocycles. The van der Waals surface area contributed by atoms with Gasteiger partial charge in [0.1, 0.15) is 5.82 Å². The lowest BCUT2D eigenvalue weighted by Gasteiger charge is -2.18. The third kappa shape index (κ3) is 3.56. The number of benzene rings is 1. The maximum atomic E-state index is 12.4. The van der Waals surface area contributed by atoms with Gasteiger partial charge in [0.2, 0.25) is 0 Å². The highest BCUT2D eigenvalue weighted by molar-refractivity contribution is 6.04. The van der Waals surface area contributed by atoms with Gasteiger partial charge in [-0.3, -0.25) is 4.79 Å². The Hall–Kier alpha value is -2.43. The molecule has 1 heterocycles. The van der Waals surface area contributed by atoms with Crippen molar-refractivity contribution in [1.29, 1.82) is 0 Å². The molecule has 1 aromatic heterocycles. The second kappa shape index (κ2) is 6.83. The van der Waals surface area contributed by atoms with Gasteiger partial charge in [-0.05, 0) is 37.1 Å². The molecule has 0 atom stereocenters. The predicted molar refractivity (Wildman–Crippen MR) is 84.7 cm³/mol. The largest absolute Gasteiger partial charge is 0.369 e. The molecule has 0 aliphatic rings. The molecule has 1 N–H and O–H groups in total. The van der Waals surface area contributed by atoms with E-state index in [0.717, 1.165) is 24.2 Å². The molecule has 0 unspecified atom stereocenters. The minimum Gasteiger partial charge on any atom is -0.369 e. The van der Waals surface area contributed by atoms with Crippen LogP contribution in [-0.4, -0.2) is 29.7 Å². The zero-order valence-electron chi connectivity index (χ0n) is 12.6. The monoisotopic (exact) mass is 284 g/mol. The minimum absolute atomic E-state index is 0.168. The highest BCUT2D eigenvalue weighted by Crippen LogP contribution is 2.19. The average molecular weight is 284 g/mol. The Morgan fingerprint density at radius 1 is 1.19 bits per heavy atom. The van der Waals surface area contributed by atoms with Gasteiger partial charge >= 0.3 is 0 Å². The summed E-state index contributed by atoms with van der Waals surface area (Å²) < 4.78 is 0. The summed E-state index contributed by atoms with van der Waals surface area (Å²) in [6, 6.07) is 11.2. The van der Waals surface area contributed by atoms with Crippen molar-refractivity contribution >= 4 is 17.4 Å². The topological polar surface area (TPSA) is 58.1 Å². The lowest BCUT2D eigenvalue weighted by molar-refractivity contribution is 0.0987. The van der Waals surface area contributed by atoms with E-state index in [1.807, 2.05) is 31.2 Å². The number of nitrogens with one attached hydrogen (secondary N) is 1. The van der Waals surface area contributed by atoms with Crippen molar-refractivity contribution in [1.82, 2.24) is 10.2 Å². The van der Waals surface area contributed by atoms with Crippen molar-refractivity contribution in [2.75, 3.05) is 23.8 Å². The minimum atomic E-state index is -0.168. The van der Waals surface area contributed by atoms with Crippen LogP contribution in [0.1, 0.15) is 29.4 Å². The predicted octanol–water partition coefficient (Wildman–Crippen LogP) is 2.88. The summed E-state index contributed by atoms with van der Waals surface area (Å²) in [4.78, 5) is 14.0. The molecule has 0 radical (unpaired) electrons. The molecule has 0 fully saturated rings. The first-order valence-electron chi connectivity index (χ1n) is 7.04. The lowest BCUT2D eigenvalue weighted by Crippen LogP contribution is -2.28. The molecule has 0 aliphatic carbocycles. The summed E-state index contributed by atoms with van der Waals surface area (Å²) in [5, 5.41) is 11.2. The van der Waals surface area contributed by atoms with Crippen LogP contribution in [0.2, 0.25) is 0 Å². The molecular weight excluding hydrogens is 264 g/mol. The normalized spacial score (nSPS) is 10.2. The van der Waals surface area contributed by atoms with Gasteiger partial charge in [-0.15, -0.1) is 10.2 Å². The van der Waals surface area contributed by atoms with Gasteiger partial charge in [0, 0.05) is 19.3 Å². The first-order chi connectivity index (χ1) is 10.1. The van der Waals surface area contributed by atoms with Gasteiger partial charge in [-0.2, -0.15) is 0 Å². The van der Waals surface area contributed by atoms with Crippen LogP contribution in [-0.2, 0) is 0 Å². The van der Waals surface area contributed by atoms with Gasteiger partial charge in [-0.25, -0.2) is 0 Å². The molecule has 2 aromatic rings. The highest BCUT2D eigenvalue weighted by atomic mass is 16.2. The Balaban J connectivity index is 2.14. The number of aromatic nitrogens is 2. The number of hydrogen-bond donors (Lipinski definition) is 1. The van der Waals surface area contributed by atoms with E-state index in [2.05, 4.69) is 22.4 Å². The van der Waals surface area contributed by atoms with E-state index in [1.165, 1.54) is 0 Å². The number of anilines is 2. The van der Waals surface area contributed by atoms with E-state index < -0.39 is 0 Å². The SMILES string of the molecule is CCCNc1ccc(C(=O)N(C)c2ccccc2C)nn1. The van der Waals surface area contributed by atoms with Gasteiger partial charge in [-0.1, -0.05) is 25.1 Å². The third-order valence-corrected chi connectivity index (χ3v) is 3.22. The van der Waals surface area contributed by atoms with Crippen LogP contribution in [0.3, 0.4) is 0 Å². The zero-order valence-corrected chi connectivity index (χ0v) is 12.6. The van der Waals surface area contributed by atoms with Crippen molar-refractivity contribution in [3.8, 4) is 0 Å². The van der Waals surface area contributed by atoms with Gasteiger partial charge in [0.15, 0.2) is 5.69 Å². The third-order valence-electron chi connectivity index (χ3n) is 3.22. The van der Waals surface area contributed by atoms with Crippen LogP contribution in [0.15, 0.2) is 36.4 Å². The van der Waals surface area contributed by atoms with Gasteiger partial charge in [0.05, 0.1) is 0 Å². The number of rotatable bonds is 5. The fourth-order valence-electron chi connectivity index (χ4n) is 2.01. The number of para-hydroxylation sites is 1. The molecule has 0 saturated carbocycles. The van der Waals surface area contributed by atoms with Crippen molar-refractivity contribution < 1.29 is 4.79 Å². The van der Waals surface area contributed by atoms with Gasteiger partial charge in [0.25, 0.3) is 5.91 Å². The number of carbonyl (C=O) groups excluding carboxylic acids is 1. The molecule has 0 spiro atoms. The Kier molecular flexibility index (Phi) is 4.87. The van der Waals surface area contributed by atoms with Crippen LogP contribution < -0.4 is 10.2 Å². The Bertz CT molecular complexity index is 610. The van der Waals surface area contributed by atoms with Crippen molar-refractivity contribution in [2.45, 2.75) is 20.3 Å². The number of nitrogens with zero attached hydrogens (tertiary/aromatic N) is 3. The van der Waals surface area contributed by atoms with E-state index in [9.17, 15) is 4.79 Å². The molecule has 110 valence electrons. The second-order valence-electron chi connectivity index (χ2n) is 4.88. The molecule has 1 aromatic carbocycles. The van der Waals surface area contributed by atoms with Crippen molar-refractivity contribution in [3.63, 3.8) is 0 Å². The first kappa shape index (κ1) is 15.0. The molecule has 0 saturated heterocycles. The fourth-order valence-corrected chi connectivity index (χ4v) is 2.01. The van der Waals surface area contributed by atoms with Crippen LogP contribution in [0.25, 0.3) is 0 Å². The van der Waals surface area contributed by atoms with E-state index in [1.54, 1.807) is 24.1 Å². The highest BCUT2D eigenvalue weighted by Gasteiger charge is 2.16. The lowest BCUT2D eigenvalue weighted by atomic mass is 10.2. The molecule has 1 amide bonds. The number of carbonyl (C=O) groups is 1. The maximum absolute atomic E-state index is 12.4. The summed E-state index contributed by atoms with van der Waals surface area (Å²) in [5.74, 6) is 0.519. The first-order valence-corrected chi connectivity index (χ1v) is 7.04. The van der Waals surface area contributed by atoms with Crippen LogP contribution in [0, 0.1) is 6.92 Å². The number of amides is 1. The summed E-state index contributed by atoms with van der Waals surface area (Å²) in [5.41, 5.74) is 2.25. The molecular formula is C16H20N4O. The summed E-state index contributed by atoms with van der Waals surface area (Å²) in [6.45, 7) is 4.89. The molecule has 5 nitrogen and oxygen atoms in total. The van der Waals surface area contributed by atoms with E-state index in [0.29, 0.717) is 11.5 Å². The molecule has 0 bridgehead atoms. The van der Waals surface area contributed by atoms with Crippen molar-refractivity contribution in [2.24, 2.45) is 0 Å². The standard InChI is InChI=1S/C16H20N4O/c1-4-11-17-15-10-9-13(18-19-15)16(21)20(3)14-8-6-5-7-12(14)2/h5-10H,4,11H2,1-3H3,(H,17,19). The number of hydrogen-bond acceptors (Lipinski definition) is 4. The van der Waals surface area contributed by atoms with Crippen LogP contribution in [0.5, 0.6) is 0 Å². The van der Waals surface area contributed by atoms with E-state index in [-0.39, 0.29) is 5.91 Å². The number of aryl methyl sites for hydroxylation is 1. The van der Waals surface area contributed by atoms with E-state index in [4.69, 9.17) is 0 Å². The maximum Gasteiger partial charge on any atom is 0.278 e. The summed E-state index contributed by atoms with van der Waals surface area (Å²) in [6.07, 6.45) is 1.01. The zero-order chi connectivity index (χ0) is 15.2. The Labute approximate surface area is 125 Å². The Morgan fingerprint density at radius 2 is 1.95 bits per heavy atom. The Morgan fingerprint density at radius 3 is 2.57 bits per heavy atom. The van der Waals surface area contributed by atoms with Crippen LogP contribution in [0.4, 0.5) is 11.5 Å². The quantitative estimate of drug-likeness (QED) is 0.917. The molecule has 5 heteroatoms. The second-order valence-corrected chi connectivity index (χ2v) is 4.88. The fraction of sp³-hybridized carbons (Fsp3) is 0.312. The van der Waals surface area contributed by atoms with E-state index >= 15 is 0 Å². The molecule has 21 heavy (non-hydrogen) atoms. The smallest absolute Gasteiger partial charge is 0.278 e. The van der Waals surface area contributed by atoms with Crippen LogP contribution >= 0.6 is 0 Å². The van der Waals surface area contributed by atoms with Gasteiger partial charge < -0.3 is 10.2 Å².